The molecule has 1 atom stereocenters. The summed E-state index contributed by atoms with van der Waals surface area (Å²) in [6.07, 6.45) is 0.282. The molecule has 0 aliphatic rings. The van der Waals surface area contributed by atoms with Crippen LogP contribution in [0.2, 0.25) is 5.02 Å². The Kier molecular flexibility index (Phi) is 6.57. The number of ether oxygens (including phenoxy) is 1. The van der Waals surface area contributed by atoms with Crippen LogP contribution in [0.5, 0.6) is 5.75 Å². The lowest BCUT2D eigenvalue weighted by atomic mass is 10.2. The zero-order valence-electron chi connectivity index (χ0n) is 17.3. The van der Waals surface area contributed by atoms with Crippen LogP contribution >= 0.6 is 27.5 Å². The van der Waals surface area contributed by atoms with Crippen molar-refractivity contribution in [3.63, 3.8) is 0 Å². The molecule has 0 fully saturated rings. The van der Waals surface area contributed by atoms with Crippen molar-refractivity contribution in [1.29, 1.82) is 0 Å². The first-order valence-electron chi connectivity index (χ1n) is 9.85. The van der Waals surface area contributed by atoms with Gasteiger partial charge < -0.3 is 9.84 Å². The van der Waals surface area contributed by atoms with Gasteiger partial charge in [-0.25, -0.2) is 9.78 Å². The number of benzene rings is 3. The number of nitrogens with zero attached hydrogens (tertiary/aromatic N) is 3. The predicted molar refractivity (Wildman–Crippen MR) is 131 cm³/mol. The number of fused-ring (bicyclic) bond motifs is 1. The van der Waals surface area contributed by atoms with Crippen molar-refractivity contribution < 1.29 is 14.6 Å². The number of halogens is 2. The van der Waals surface area contributed by atoms with Crippen LogP contribution in [0, 0.1) is 0 Å². The fraction of sp³-hybridized carbons (Fsp3) is 0.0833. The average molecular weight is 527 g/mol. The molecule has 9 heteroatoms. The van der Waals surface area contributed by atoms with Crippen LogP contribution in [0.15, 0.2) is 81.1 Å². The van der Waals surface area contributed by atoms with E-state index in [4.69, 9.17) is 16.3 Å². The molecular weight excluding hydrogens is 510 g/mol. The van der Waals surface area contributed by atoms with Gasteiger partial charge >= 0.3 is 5.97 Å². The predicted octanol–water partition coefficient (Wildman–Crippen LogP) is 5.21. The van der Waals surface area contributed by atoms with Gasteiger partial charge in [0.15, 0.2) is 11.9 Å². The number of hydrogen-bond donors (Lipinski definition) is 1. The summed E-state index contributed by atoms with van der Waals surface area (Å²) in [6.45, 7) is 1.41. The molecule has 4 rings (SSSR count). The van der Waals surface area contributed by atoms with E-state index in [1.54, 1.807) is 30.3 Å². The third-order valence-electron chi connectivity index (χ3n) is 4.78. The maximum absolute atomic E-state index is 13.3. The molecule has 0 amide bonds. The molecule has 0 aliphatic carbocycles. The number of aliphatic carboxylic acids is 1. The average Bonchev–Trinajstić information content (AvgIpc) is 2.80. The second-order valence-electron chi connectivity index (χ2n) is 7.08. The minimum Gasteiger partial charge on any atom is -0.479 e. The summed E-state index contributed by atoms with van der Waals surface area (Å²) in [7, 11) is 0. The van der Waals surface area contributed by atoms with E-state index in [1.165, 1.54) is 17.8 Å². The van der Waals surface area contributed by atoms with Crippen LogP contribution in [0.1, 0.15) is 12.5 Å². The van der Waals surface area contributed by atoms with Gasteiger partial charge in [0.1, 0.15) is 5.75 Å². The number of rotatable bonds is 6. The topological polar surface area (TPSA) is 93.8 Å². The second-order valence-corrected chi connectivity index (χ2v) is 8.38. The highest BCUT2D eigenvalue weighted by atomic mass is 79.9. The third kappa shape index (κ3) is 4.81. The van der Waals surface area contributed by atoms with Crippen LogP contribution in [0.25, 0.3) is 22.3 Å². The largest absolute Gasteiger partial charge is 0.479 e. The van der Waals surface area contributed by atoms with Crippen molar-refractivity contribution in [1.82, 2.24) is 9.66 Å². The molecule has 0 saturated heterocycles. The Morgan fingerprint density at radius 3 is 2.61 bits per heavy atom. The van der Waals surface area contributed by atoms with Crippen LogP contribution in [-0.2, 0) is 4.79 Å². The Morgan fingerprint density at radius 2 is 1.88 bits per heavy atom. The molecule has 1 heterocycles. The number of aromatic nitrogens is 2. The van der Waals surface area contributed by atoms with Gasteiger partial charge in [-0.3, -0.25) is 4.79 Å². The first-order chi connectivity index (χ1) is 15.8. The highest BCUT2D eigenvalue weighted by Gasteiger charge is 2.18. The van der Waals surface area contributed by atoms with Gasteiger partial charge in [-0.1, -0.05) is 54.1 Å². The Labute approximate surface area is 202 Å². The van der Waals surface area contributed by atoms with Crippen molar-refractivity contribution in [2.24, 2.45) is 5.10 Å². The third-order valence-corrected chi connectivity index (χ3v) is 5.58. The van der Waals surface area contributed by atoms with E-state index in [2.05, 4.69) is 26.0 Å². The van der Waals surface area contributed by atoms with Crippen molar-refractivity contribution in [3.8, 4) is 17.1 Å². The van der Waals surface area contributed by atoms with Crippen molar-refractivity contribution >= 4 is 50.6 Å². The summed E-state index contributed by atoms with van der Waals surface area (Å²) in [5.41, 5.74) is 1.30. The van der Waals surface area contributed by atoms with Gasteiger partial charge in [-0.15, -0.1) is 0 Å². The molecule has 166 valence electrons. The summed E-state index contributed by atoms with van der Waals surface area (Å²) in [5, 5.41) is 14.4. The van der Waals surface area contributed by atoms with Gasteiger partial charge in [0.05, 0.1) is 21.6 Å². The maximum Gasteiger partial charge on any atom is 0.344 e. The van der Waals surface area contributed by atoms with E-state index in [0.717, 1.165) is 0 Å². The lowest BCUT2D eigenvalue weighted by Crippen LogP contribution is -2.24. The summed E-state index contributed by atoms with van der Waals surface area (Å²) in [5.74, 6) is -0.528. The summed E-state index contributed by atoms with van der Waals surface area (Å²) < 4.78 is 7.26. The monoisotopic (exact) mass is 525 g/mol. The first-order valence-corrected chi connectivity index (χ1v) is 11.0. The first kappa shape index (κ1) is 22.7. The van der Waals surface area contributed by atoms with Crippen LogP contribution in [0.4, 0.5) is 0 Å². The molecule has 0 aliphatic heterocycles. The SMILES string of the molecule is C[C@H](Oc1c(Br)cc(Cl)cc1C=Nn1c(-c2ccccc2)nc2ccccc2c1=O)C(=O)O. The normalized spacial score (nSPS) is 12.2. The lowest BCUT2D eigenvalue weighted by Gasteiger charge is -2.15. The lowest BCUT2D eigenvalue weighted by molar-refractivity contribution is -0.144. The van der Waals surface area contributed by atoms with E-state index in [1.807, 2.05) is 36.4 Å². The van der Waals surface area contributed by atoms with Crippen LogP contribution in [0.3, 0.4) is 0 Å². The minimum absolute atomic E-state index is 0.237. The standard InChI is InChI=1S/C24H17BrClN3O4/c1-14(24(31)32)33-21-16(11-17(26)12-19(21)25)13-27-29-22(15-7-3-2-4-8-15)28-20-10-6-5-9-18(20)23(29)30/h2-14H,1H3,(H,31,32)/t14-/m0/s1. The molecule has 0 unspecified atom stereocenters. The molecule has 3 aromatic carbocycles. The second kappa shape index (κ2) is 9.56. The number of carboxylic acid groups (broad SMARTS) is 1. The Bertz CT molecular complexity index is 1440. The van der Waals surface area contributed by atoms with Gasteiger partial charge in [0, 0.05) is 16.1 Å². The van der Waals surface area contributed by atoms with Crippen LogP contribution in [-0.4, -0.2) is 33.1 Å². The Balaban J connectivity index is 1.90. The van der Waals surface area contributed by atoms with E-state index < -0.39 is 12.1 Å². The number of carbonyl (C=O) groups is 1. The number of para-hydroxylation sites is 1. The summed E-state index contributed by atoms with van der Waals surface area (Å²) in [4.78, 5) is 29.2. The van der Waals surface area contributed by atoms with Gasteiger partial charge in [0.2, 0.25) is 0 Å². The molecule has 0 spiro atoms. The fourth-order valence-electron chi connectivity index (χ4n) is 3.15. The highest BCUT2D eigenvalue weighted by Crippen LogP contribution is 2.33. The summed E-state index contributed by atoms with van der Waals surface area (Å²) >= 11 is 9.55. The number of carboxylic acids is 1. The van der Waals surface area contributed by atoms with E-state index in [9.17, 15) is 14.7 Å². The molecule has 0 radical (unpaired) electrons. The quantitative estimate of drug-likeness (QED) is 0.348. The van der Waals surface area contributed by atoms with E-state index in [0.29, 0.717) is 37.3 Å². The van der Waals surface area contributed by atoms with Crippen molar-refractivity contribution in [2.45, 2.75) is 13.0 Å². The van der Waals surface area contributed by atoms with Crippen molar-refractivity contribution in [3.05, 3.63) is 92.1 Å². The van der Waals surface area contributed by atoms with Gasteiger partial charge in [0.25, 0.3) is 5.56 Å². The molecule has 1 N–H and O–H groups in total. The van der Waals surface area contributed by atoms with Gasteiger partial charge in [-0.2, -0.15) is 9.78 Å². The summed E-state index contributed by atoms with van der Waals surface area (Å²) in [6, 6.07) is 19.4. The zero-order valence-corrected chi connectivity index (χ0v) is 19.6. The van der Waals surface area contributed by atoms with E-state index >= 15 is 0 Å². The Morgan fingerprint density at radius 1 is 1.18 bits per heavy atom. The highest BCUT2D eigenvalue weighted by molar-refractivity contribution is 9.10. The van der Waals surface area contributed by atoms with Crippen LogP contribution < -0.4 is 10.3 Å². The molecule has 33 heavy (non-hydrogen) atoms. The minimum atomic E-state index is -1.12. The molecule has 1 aromatic heterocycles. The van der Waals surface area contributed by atoms with Gasteiger partial charge in [-0.05, 0) is 47.1 Å². The molecule has 0 saturated carbocycles. The smallest absolute Gasteiger partial charge is 0.344 e. The molecule has 4 aromatic rings. The number of hydrogen-bond acceptors (Lipinski definition) is 5. The molecular formula is C24H17BrClN3O4. The van der Waals surface area contributed by atoms with E-state index in [-0.39, 0.29) is 11.3 Å². The maximum atomic E-state index is 13.3. The molecule has 7 nitrogen and oxygen atoms in total. The van der Waals surface area contributed by atoms with Crippen molar-refractivity contribution in [2.75, 3.05) is 0 Å². The zero-order chi connectivity index (χ0) is 23.5. The molecule has 0 bridgehead atoms. The fourth-order valence-corrected chi connectivity index (χ4v) is 4.08. The Hall–Kier alpha value is -3.49.